The molecule has 1 saturated heterocycles. The number of fused-ring (bicyclic) bond motifs is 1. The van der Waals surface area contributed by atoms with Crippen molar-refractivity contribution >= 4 is 16.7 Å². The number of ether oxygens (including phenoxy) is 3. The number of para-hydroxylation sites is 1. The van der Waals surface area contributed by atoms with Crippen molar-refractivity contribution < 1.29 is 14.2 Å². The van der Waals surface area contributed by atoms with Crippen molar-refractivity contribution in [2.75, 3.05) is 52.4 Å². The second-order valence-corrected chi connectivity index (χ2v) is 8.31. The van der Waals surface area contributed by atoms with Gasteiger partial charge in [-0.3, -0.25) is 9.88 Å². The number of anilines is 1. The van der Waals surface area contributed by atoms with Crippen LogP contribution in [0.25, 0.3) is 22.3 Å². The first kappa shape index (κ1) is 23.0. The van der Waals surface area contributed by atoms with Crippen LogP contribution in [0, 0.1) is 0 Å². The molecule has 0 saturated carbocycles. The van der Waals surface area contributed by atoms with Crippen LogP contribution in [0.1, 0.15) is 11.6 Å². The van der Waals surface area contributed by atoms with E-state index in [4.69, 9.17) is 24.2 Å². The van der Waals surface area contributed by atoms with Gasteiger partial charge in [0.25, 0.3) is 0 Å². The summed E-state index contributed by atoms with van der Waals surface area (Å²) in [7, 11) is 3.31. The SMILES string of the molecule is COc1ccc(C(CNc2nc(-c3cccnc3)nc3ccccc23)N2CCOCC2)cc1OC. The minimum atomic E-state index is 0.0919. The standard InChI is InChI=1S/C27H29N5O3/c1-33-24-10-9-19(16-25(24)34-2)23(32-12-14-35-15-13-32)18-29-27-21-7-3-4-8-22(21)30-26(31-27)20-6-5-11-28-17-20/h3-11,16-17,23H,12-15,18H2,1-2H3,(H,29,30,31). The van der Waals surface area contributed by atoms with E-state index >= 15 is 0 Å². The molecule has 2 aromatic heterocycles. The van der Waals surface area contributed by atoms with Crippen LogP contribution in [0.2, 0.25) is 0 Å². The van der Waals surface area contributed by atoms with Gasteiger partial charge in [0.1, 0.15) is 5.82 Å². The molecule has 0 amide bonds. The fraction of sp³-hybridized carbons (Fsp3) is 0.296. The van der Waals surface area contributed by atoms with E-state index in [1.807, 2.05) is 42.5 Å². The zero-order valence-electron chi connectivity index (χ0n) is 20.0. The molecule has 1 fully saturated rings. The summed E-state index contributed by atoms with van der Waals surface area (Å²) in [5, 5.41) is 4.61. The topological polar surface area (TPSA) is 81.6 Å². The largest absolute Gasteiger partial charge is 0.493 e. The number of benzene rings is 2. The van der Waals surface area contributed by atoms with E-state index in [9.17, 15) is 0 Å². The molecule has 35 heavy (non-hydrogen) atoms. The highest BCUT2D eigenvalue weighted by atomic mass is 16.5. The van der Waals surface area contributed by atoms with Gasteiger partial charge in [0, 0.05) is 43.0 Å². The van der Waals surface area contributed by atoms with Crippen molar-refractivity contribution in [1.29, 1.82) is 0 Å². The molecule has 5 rings (SSSR count). The highest BCUT2D eigenvalue weighted by Crippen LogP contribution is 2.33. The van der Waals surface area contributed by atoms with Gasteiger partial charge in [-0.2, -0.15) is 0 Å². The lowest BCUT2D eigenvalue weighted by Crippen LogP contribution is -2.41. The summed E-state index contributed by atoms with van der Waals surface area (Å²) < 4.78 is 16.7. The smallest absolute Gasteiger partial charge is 0.163 e. The van der Waals surface area contributed by atoms with E-state index in [0.717, 1.165) is 46.7 Å². The number of hydrogen-bond acceptors (Lipinski definition) is 8. The van der Waals surface area contributed by atoms with Crippen molar-refractivity contribution in [2.45, 2.75) is 6.04 Å². The van der Waals surface area contributed by atoms with Gasteiger partial charge in [0.15, 0.2) is 17.3 Å². The van der Waals surface area contributed by atoms with Gasteiger partial charge in [-0.25, -0.2) is 9.97 Å². The number of rotatable bonds is 8. The Balaban J connectivity index is 1.49. The quantitative estimate of drug-likeness (QED) is 0.410. The van der Waals surface area contributed by atoms with Crippen LogP contribution in [-0.4, -0.2) is 66.9 Å². The van der Waals surface area contributed by atoms with Crippen LogP contribution < -0.4 is 14.8 Å². The summed E-state index contributed by atoms with van der Waals surface area (Å²) in [6, 6.07) is 18.1. The van der Waals surface area contributed by atoms with E-state index in [2.05, 4.69) is 27.3 Å². The van der Waals surface area contributed by atoms with E-state index in [0.29, 0.717) is 31.3 Å². The molecule has 180 valence electrons. The zero-order valence-corrected chi connectivity index (χ0v) is 20.0. The molecule has 4 aromatic rings. The van der Waals surface area contributed by atoms with Crippen molar-refractivity contribution in [3.05, 3.63) is 72.6 Å². The average Bonchev–Trinajstić information content (AvgIpc) is 2.94. The number of hydrogen-bond donors (Lipinski definition) is 1. The maximum Gasteiger partial charge on any atom is 0.163 e. The fourth-order valence-corrected chi connectivity index (χ4v) is 4.44. The number of morpholine rings is 1. The monoisotopic (exact) mass is 471 g/mol. The number of nitrogens with one attached hydrogen (secondary N) is 1. The number of methoxy groups -OCH3 is 2. The summed E-state index contributed by atoms with van der Waals surface area (Å²) in [6.07, 6.45) is 3.54. The number of pyridine rings is 1. The highest BCUT2D eigenvalue weighted by molar-refractivity contribution is 5.90. The van der Waals surface area contributed by atoms with Crippen molar-refractivity contribution in [3.8, 4) is 22.9 Å². The second-order valence-electron chi connectivity index (χ2n) is 8.31. The summed E-state index contributed by atoms with van der Waals surface area (Å²) in [4.78, 5) is 16.3. The molecule has 8 nitrogen and oxygen atoms in total. The minimum absolute atomic E-state index is 0.0919. The molecule has 0 aliphatic carbocycles. The van der Waals surface area contributed by atoms with Gasteiger partial charge in [-0.05, 0) is 42.0 Å². The molecule has 1 aliphatic heterocycles. The normalized spacial score (nSPS) is 15.0. The lowest BCUT2D eigenvalue weighted by molar-refractivity contribution is 0.0186. The third-order valence-corrected chi connectivity index (χ3v) is 6.26. The predicted molar refractivity (Wildman–Crippen MR) is 136 cm³/mol. The van der Waals surface area contributed by atoms with Gasteiger partial charge in [-0.1, -0.05) is 18.2 Å². The lowest BCUT2D eigenvalue weighted by atomic mass is 10.0. The fourth-order valence-electron chi connectivity index (χ4n) is 4.44. The van der Waals surface area contributed by atoms with Crippen molar-refractivity contribution in [1.82, 2.24) is 19.9 Å². The van der Waals surface area contributed by atoms with Gasteiger partial charge in [0.05, 0.1) is 39.0 Å². The van der Waals surface area contributed by atoms with Gasteiger partial charge in [-0.15, -0.1) is 0 Å². The zero-order chi connectivity index (χ0) is 24.0. The molecule has 8 heteroatoms. The summed E-state index contributed by atoms with van der Waals surface area (Å²) in [6.45, 7) is 3.79. The van der Waals surface area contributed by atoms with Crippen molar-refractivity contribution in [2.24, 2.45) is 0 Å². The molecule has 1 N–H and O–H groups in total. The van der Waals surface area contributed by atoms with Crippen molar-refractivity contribution in [3.63, 3.8) is 0 Å². The van der Waals surface area contributed by atoms with Crippen LogP contribution in [0.5, 0.6) is 11.5 Å². The number of nitrogens with zero attached hydrogens (tertiary/aromatic N) is 4. The Morgan fingerprint density at radius 1 is 0.971 bits per heavy atom. The number of aromatic nitrogens is 3. The maximum absolute atomic E-state index is 5.62. The Morgan fingerprint density at radius 2 is 1.80 bits per heavy atom. The lowest BCUT2D eigenvalue weighted by Gasteiger charge is -2.35. The third kappa shape index (κ3) is 5.03. The predicted octanol–water partition coefficient (Wildman–Crippen LogP) is 4.19. The Hall–Kier alpha value is -3.75. The molecular formula is C27H29N5O3. The van der Waals surface area contributed by atoms with E-state index in [1.165, 1.54) is 0 Å². The second kappa shape index (κ2) is 10.7. The highest BCUT2D eigenvalue weighted by Gasteiger charge is 2.24. The van der Waals surface area contributed by atoms with Crippen LogP contribution in [0.3, 0.4) is 0 Å². The van der Waals surface area contributed by atoms with E-state index in [1.54, 1.807) is 26.6 Å². The summed E-state index contributed by atoms with van der Waals surface area (Å²) in [5.74, 6) is 2.88. The average molecular weight is 472 g/mol. The van der Waals surface area contributed by atoms with Gasteiger partial charge >= 0.3 is 0 Å². The van der Waals surface area contributed by atoms with Crippen LogP contribution >= 0.6 is 0 Å². The molecule has 2 aromatic carbocycles. The van der Waals surface area contributed by atoms with Gasteiger partial charge in [0.2, 0.25) is 0 Å². The molecule has 0 bridgehead atoms. The Morgan fingerprint density at radius 3 is 2.57 bits per heavy atom. The summed E-state index contributed by atoms with van der Waals surface area (Å²) >= 11 is 0. The van der Waals surface area contributed by atoms with Gasteiger partial charge < -0.3 is 19.5 Å². The molecular weight excluding hydrogens is 442 g/mol. The molecule has 1 unspecified atom stereocenters. The molecule has 0 spiro atoms. The first-order valence-corrected chi connectivity index (χ1v) is 11.7. The molecule has 3 heterocycles. The van der Waals surface area contributed by atoms with Crippen LogP contribution in [0.4, 0.5) is 5.82 Å². The van der Waals surface area contributed by atoms with Crippen LogP contribution in [-0.2, 0) is 4.74 Å². The van der Waals surface area contributed by atoms with E-state index < -0.39 is 0 Å². The minimum Gasteiger partial charge on any atom is -0.493 e. The molecule has 1 aliphatic rings. The van der Waals surface area contributed by atoms with Crippen LogP contribution in [0.15, 0.2) is 67.0 Å². The first-order valence-electron chi connectivity index (χ1n) is 11.7. The molecule has 1 atom stereocenters. The third-order valence-electron chi connectivity index (χ3n) is 6.26. The Kier molecular flexibility index (Phi) is 7.02. The maximum atomic E-state index is 5.62. The summed E-state index contributed by atoms with van der Waals surface area (Å²) in [5.41, 5.74) is 2.91. The first-order chi connectivity index (χ1) is 17.3. The Bertz CT molecular complexity index is 1280. The molecule has 0 radical (unpaired) electrons. The van der Waals surface area contributed by atoms with E-state index in [-0.39, 0.29) is 6.04 Å². The Labute approximate surface area is 204 Å².